The summed E-state index contributed by atoms with van der Waals surface area (Å²) in [6.45, 7) is 16.2. The molecular formula is C15H22O. The normalized spacial score (nSPS) is 34.1. The lowest BCUT2D eigenvalue weighted by Crippen LogP contribution is -2.34. The Balaban J connectivity index is 2.89. The van der Waals surface area contributed by atoms with E-state index in [-0.39, 0.29) is 5.41 Å². The Morgan fingerprint density at radius 3 is 2.50 bits per heavy atom. The predicted molar refractivity (Wildman–Crippen MR) is 69.2 cm³/mol. The molecule has 0 saturated heterocycles. The SMILES string of the molecule is C=C[C@@]1(C)CC[C@@H](C(=C)C=O)C[C@H]1C(=C)C. The smallest absolute Gasteiger partial charge is 0.145 e. The minimum atomic E-state index is 0.130. The molecule has 0 aromatic carbocycles. The molecule has 0 N–H and O–H groups in total. The third-order valence-corrected chi connectivity index (χ3v) is 4.08. The fourth-order valence-electron chi connectivity index (χ4n) is 2.77. The Morgan fingerprint density at radius 2 is 2.06 bits per heavy atom. The summed E-state index contributed by atoms with van der Waals surface area (Å²) >= 11 is 0. The van der Waals surface area contributed by atoms with Crippen LogP contribution >= 0.6 is 0 Å². The van der Waals surface area contributed by atoms with Gasteiger partial charge < -0.3 is 0 Å². The van der Waals surface area contributed by atoms with Crippen LogP contribution in [-0.4, -0.2) is 6.29 Å². The van der Waals surface area contributed by atoms with E-state index in [0.29, 0.717) is 11.8 Å². The first kappa shape index (κ1) is 13.0. The van der Waals surface area contributed by atoms with Crippen molar-refractivity contribution in [1.82, 2.24) is 0 Å². The zero-order valence-corrected chi connectivity index (χ0v) is 10.5. The third-order valence-electron chi connectivity index (χ3n) is 4.08. The van der Waals surface area contributed by atoms with E-state index in [4.69, 9.17) is 0 Å². The Morgan fingerprint density at radius 1 is 1.44 bits per heavy atom. The van der Waals surface area contributed by atoms with Crippen LogP contribution in [0.25, 0.3) is 0 Å². The van der Waals surface area contributed by atoms with Crippen LogP contribution in [0.3, 0.4) is 0 Å². The van der Waals surface area contributed by atoms with Gasteiger partial charge in [-0.25, -0.2) is 0 Å². The van der Waals surface area contributed by atoms with Gasteiger partial charge in [-0.3, -0.25) is 4.79 Å². The van der Waals surface area contributed by atoms with E-state index in [1.54, 1.807) is 0 Å². The van der Waals surface area contributed by atoms with Gasteiger partial charge >= 0.3 is 0 Å². The molecule has 0 spiro atoms. The number of rotatable bonds is 4. The summed E-state index contributed by atoms with van der Waals surface area (Å²) in [5.74, 6) is 0.743. The van der Waals surface area contributed by atoms with Crippen molar-refractivity contribution >= 4 is 6.29 Å². The van der Waals surface area contributed by atoms with Gasteiger partial charge in [-0.15, -0.1) is 6.58 Å². The van der Waals surface area contributed by atoms with E-state index < -0.39 is 0 Å². The molecule has 0 amide bonds. The lowest BCUT2D eigenvalue weighted by molar-refractivity contribution is -0.105. The van der Waals surface area contributed by atoms with Crippen molar-refractivity contribution in [1.29, 1.82) is 0 Å². The molecule has 1 aliphatic carbocycles. The summed E-state index contributed by atoms with van der Waals surface area (Å²) in [5, 5.41) is 0. The number of hydrogen-bond donors (Lipinski definition) is 0. The molecule has 0 heterocycles. The van der Waals surface area contributed by atoms with Gasteiger partial charge in [0.1, 0.15) is 6.29 Å². The maximum Gasteiger partial charge on any atom is 0.145 e. The van der Waals surface area contributed by atoms with E-state index in [1.165, 1.54) is 5.57 Å². The molecule has 1 rings (SSSR count). The number of aldehydes is 1. The van der Waals surface area contributed by atoms with Crippen LogP contribution < -0.4 is 0 Å². The Labute approximate surface area is 98.9 Å². The summed E-state index contributed by atoms with van der Waals surface area (Å²) < 4.78 is 0. The first-order chi connectivity index (χ1) is 7.44. The Kier molecular flexibility index (Phi) is 3.90. The van der Waals surface area contributed by atoms with Gasteiger partial charge in [0, 0.05) is 0 Å². The molecular weight excluding hydrogens is 196 g/mol. The quantitative estimate of drug-likeness (QED) is 0.397. The van der Waals surface area contributed by atoms with E-state index in [9.17, 15) is 4.79 Å². The molecule has 0 unspecified atom stereocenters. The molecule has 16 heavy (non-hydrogen) atoms. The van der Waals surface area contributed by atoms with Crippen LogP contribution in [0.1, 0.15) is 33.1 Å². The monoisotopic (exact) mass is 218 g/mol. The van der Waals surface area contributed by atoms with Crippen molar-refractivity contribution in [2.75, 3.05) is 0 Å². The number of carbonyl (C=O) groups is 1. The highest BCUT2D eigenvalue weighted by Gasteiger charge is 2.38. The van der Waals surface area contributed by atoms with Gasteiger partial charge in [-0.2, -0.15) is 0 Å². The van der Waals surface area contributed by atoms with Crippen LogP contribution in [0.5, 0.6) is 0 Å². The molecule has 88 valence electrons. The molecule has 0 bridgehead atoms. The second-order valence-corrected chi connectivity index (χ2v) is 5.27. The molecule has 0 aliphatic heterocycles. The van der Waals surface area contributed by atoms with Gasteiger partial charge in [-0.1, -0.05) is 31.7 Å². The highest BCUT2D eigenvalue weighted by Crippen LogP contribution is 2.48. The molecule has 1 nitrogen and oxygen atoms in total. The number of hydrogen-bond acceptors (Lipinski definition) is 1. The van der Waals surface area contributed by atoms with Crippen molar-refractivity contribution in [3.05, 3.63) is 37.0 Å². The maximum atomic E-state index is 10.8. The molecule has 1 heteroatoms. The molecule has 1 fully saturated rings. The minimum absolute atomic E-state index is 0.130. The van der Waals surface area contributed by atoms with Gasteiger partial charge in [0.15, 0.2) is 0 Å². The van der Waals surface area contributed by atoms with Gasteiger partial charge in [0.25, 0.3) is 0 Å². The second kappa shape index (κ2) is 4.82. The first-order valence-electron chi connectivity index (χ1n) is 5.87. The van der Waals surface area contributed by atoms with Gasteiger partial charge in [0.05, 0.1) is 0 Å². The van der Waals surface area contributed by atoms with Crippen molar-refractivity contribution in [2.24, 2.45) is 17.3 Å². The minimum Gasteiger partial charge on any atom is -0.298 e. The standard InChI is InChI=1S/C15H22O/c1-6-15(5)8-7-13(12(4)10-16)9-14(15)11(2)3/h6,10,13-14H,1-2,4,7-9H2,3,5H3/t13-,14+,15+/m1/s1. The van der Waals surface area contributed by atoms with Crippen LogP contribution in [-0.2, 0) is 4.79 Å². The number of carbonyl (C=O) groups excluding carboxylic acids is 1. The average molecular weight is 218 g/mol. The summed E-state index contributed by atoms with van der Waals surface area (Å²) in [6, 6.07) is 0. The van der Waals surface area contributed by atoms with E-state index in [0.717, 1.165) is 31.1 Å². The van der Waals surface area contributed by atoms with Gasteiger partial charge in [-0.05, 0) is 49.0 Å². The van der Waals surface area contributed by atoms with Crippen molar-refractivity contribution < 1.29 is 4.79 Å². The summed E-state index contributed by atoms with van der Waals surface area (Å²) in [6.07, 6.45) is 6.02. The molecule has 0 aromatic heterocycles. The average Bonchev–Trinajstić information content (AvgIpc) is 2.28. The first-order valence-corrected chi connectivity index (χ1v) is 5.87. The lowest BCUT2D eigenvalue weighted by atomic mass is 9.61. The van der Waals surface area contributed by atoms with Gasteiger partial charge in [0.2, 0.25) is 0 Å². The predicted octanol–water partition coefficient (Wildman–Crippen LogP) is 3.93. The zero-order valence-electron chi connectivity index (χ0n) is 10.5. The largest absolute Gasteiger partial charge is 0.298 e. The van der Waals surface area contributed by atoms with Crippen LogP contribution in [0.4, 0.5) is 0 Å². The van der Waals surface area contributed by atoms with Crippen molar-refractivity contribution in [2.45, 2.75) is 33.1 Å². The molecule has 3 atom stereocenters. The number of allylic oxidation sites excluding steroid dienone is 3. The van der Waals surface area contributed by atoms with E-state index >= 15 is 0 Å². The van der Waals surface area contributed by atoms with E-state index in [1.807, 2.05) is 6.08 Å². The fraction of sp³-hybridized carbons (Fsp3) is 0.533. The highest BCUT2D eigenvalue weighted by molar-refractivity contribution is 5.72. The van der Waals surface area contributed by atoms with Crippen LogP contribution in [0.15, 0.2) is 37.0 Å². The molecule has 0 aromatic rings. The van der Waals surface area contributed by atoms with Crippen LogP contribution in [0, 0.1) is 17.3 Å². The maximum absolute atomic E-state index is 10.8. The summed E-state index contributed by atoms with van der Waals surface area (Å²) in [7, 11) is 0. The molecule has 1 aliphatic rings. The van der Waals surface area contributed by atoms with E-state index in [2.05, 4.69) is 33.6 Å². The highest BCUT2D eigenvalue weighted by atomic mass is 16.1. The van der Waals surface area contributed by atoms with Crippen LogP contribution in [0.2, 0.25) is 0 Å². The Hall–Kier alpha value is -1.11. The zero-order chi connectivity index (χ0) is 12.3. The fourth-order valence-corrected chi connectivity index (χ4v) is 2.77. The lowest BCUT2D eigenvalue weighted by Gasteiger charge is -2.43. The summed E-state index contributed by atoms with van der Waals surface area (Å²) in [5.41, 5.74) is 2.05. The second-order valence-electron chi connectivity index (χ2n) is 5.27. The summed E-state index contributed by atoms with van der Waals surface area (Å²) in [4.78, 5) is 10.8. The third kappa shape index (κ3) is 2.34. The Bertz CT molecular complexity index is 326. The van der Waals surface area contributed by atoms with Crippen molar-refractivity contribution in [3.8, 4) is 0 Å². The molecule has 0 radical (unpaired) electrons. The topological polar surface area (TPSA) is 17.1 Å². The molecule has 1 saturated carbocycles. The van der Waals surface area contributed by atoms with Crippen molar-refractivity contribution in [3.63, 3.8) is 0 Å².